The normalized spacial score (nSPS) is 12.2. The lowest BCUT2D eigenvalue weighted by Crippen LogP contribution is -2.32. The van der Waals surface area contributed by atoms with Crippen molar-refractivity contribution in [2.45, 2.75) is 36.2 Å². The number of amides is 1. The number of halogens is 2. The van der Waals surface area contributed by atoms with Crippen LogP contribution in [0.5, 0.6) is 0 Å². The number of carbonyl (C=O) groups is 1. The molecule has 0 unspecified atom stereocenters. The minimum atomic E-state index is -0.657. The fourth-order valence-electron chi connectivity index (χ4n) is 2.47. The van der Waals surface area contributed by atoms with Gasteiger partial charge in [-0.3, -0.25) is 4.79 Å². The summed E-state index contributed by atoms with van der Waals surface area (Å²) in [6.07, 6.45) is 0.817. The maximum absolute atomic E-state index is 14.0. The van der Waals surface area contributed by atoms with E-state index in [2.05, 4.69) is 10.3 Å². The van der Waals surface area contributed by atoms with Gasteiger partial charge in [0.25, 0.3) is 5.91 Å². The summed E-state index contributed by atoms with van der Waals surface area (Å²) in [5.41, 5.74) is 1.13. The van der Waals surface area contributed by atoms with Crippen LogP contribution < -0.4 is 5.32 Å². The van der Waals surface area contributed by atoms with Crippen molar-refractivity contribution in [2.75, 3.05) is 0 Å². The second-order valence-corrected chi connectivity index (χ2v) is 7.05. The van der Waals surface area contributed by atoms with Crippen LogP contribution in [0.1, 0.15) is 30.6 Å². The molecule has 134 valence electrons. The van der Waals surface area contributed by atoms with Crippen LogP contribution in [0.2, 0.25) is 0 Å². The Kier molecular flexibility index (Phi) is 5.52. The maximum atomic E-state index is 14.0. The first-order chi connectivity index (χ1) is 12.5. The third kappa shape index (κ3) is 4.02. The third-order valence-electron chi connectivity index (χ3n) is 4.04. The Morgan fingerprint density at radius 1 is 1.19 bits per heavy atom. The highest BCUT2D eigenvalue weighted by Crippen LogP contribution is 2.31. The molecule has 1 heterocycles. The molecule has 0 aliphatic heterocycles. The Morgan fingerprint density at radius 2 is 1.96 bits per heavy atom. The van der Waals surface area contributed by atoms with Gasteiger partial charge in [-0.25, -0.2) is 13.8 Å². The zero-order valence-electron chi connectivity index (χ0n) is 14.4. The Balaban J connectivity index is 2.02. The number of fused-ring (bicyclic) bond motifs is 1. The number of nitrogens with one attached hydrogen (secondary N) is 1. The minimum absolute atomic E-state index is 0.0417. The number of hydrogen-bond acceptors (Lipinski definition) is 3. The summed E-state index contributed by atoms with van der Waals surface area (Å²) in [4.78, 5) is 17.4. The second-order valence-electron chi connectivity index (χ2n) is 5.98. The number of nitrogens with zero attached hydrogens (tertiary/aromatic N) is 1. The highest BCUT2D eigenvalue weighted by molar-refractivity contribution is 7.99. The maximum Gasteiger partial charge on any atom is 0.252 e. The zero-order valence-corrected chi connectivity index (χ0v) is 15.2. The summed E-state index contributed by atoms with van der Waals surface area (Å²) in [7, 11) is 0. The molecule has 0 fully saturated rings. The van der Waals surface area contributed by atoms with E-state index in [0.717, 1.165) is 29.6 Å². The molecule has 1 aromatic heterocycles. The SMILES string of the molecule is CC[C@H](C)NC(=O)c1cc(Sc2ccc(F)cc2F)nc2ccccc12. The van der Waals surface area contributed by atoms with Gasteiger partial charge >= 0.3 is 0 Å². The molecule has 6 heteroatoms. The smallest absolute Gasteiger partial charge is 0.252 e. The van der Waals surface area contributed by atoms with E-state index in [1.165, 1.54) is 12.1 Å². The summed E-state index contributed by atoms with van der Waals surface area (Å²) in [5.74, 6) is -1.48. The Bertz CT molecular complexity index is 962. The van der Waals surface area contributed by atoms with E-state index in [0.29, 0.717) is 16.1 Å². The van der Waals surface area contributed by atoms with E-state index in [1.54, 1.807) is 12.1 Å². The third-order valence-corrected chi connectivity index (χ3v) is 5.00. The van der Waals surface area contributed by atoms with Gasteiger partial charge in [-0.15, -0.1) is 0 Å². The van der Waals surface area contributed by atoms with Crippen LogP contribution in [0.4, 0.5) is 8.78 Å². The first kappa shape index (κ1) is 18.3. The first-order valence-electron chi connectivity index (χ1n) is 8.31. The van der Waals surface area contributed by atoms with Crippen LogP contribution in [0.3, 0.4) is 0 Å². The van der Waals surface area contributed by atoms with Crippen molar-refractivity contribution in [3.8, 4) is 0 Å². The quantitative estimate of drug-likeness (QED) is 0.670. The molecule has 3 rings (SSSR count). The van der Waals surface area contributed by atoms with Crippen molar-refractivity contribution < 1.29 is 13.6 Å². The van der Waals surface area contributed by atoms with Crippen molar-refractivity contribution in [1.82, 2.24) is 10.3 Å². The number of benzene rings is 2. The lowest BCUT2D eigenvalue weighted by atomic mass is 10.1. The summed E-state index contributed by atoms with van der Waals surface area (Å²) < 4.78 is 27.1. The molecule has 0 saturated heterocycles. The van der Waals surface area contributed by atoms with Crippen LogP contribution in [-0.4, -0.2) is 16.9 Å². The molecule has 3 nitrogen and oxygen atoms in total. The molecule has 1 amide bonds. The predicted octanol–water partition coefficient (Wildman–Crippen LogP) is 5.19. The van der Waals surface area contributed by atoms with E-state index in [4.69, 9.17) is 0 Å². The molecule has 0 radical (unpaired) electrons. The molecule has 0 saturated carbocycles. The van der Waals surface area contributed by atoms with Gasteiger partial charge < -0.3 is 5.32 Å². The van der Waals surface area contributed by atoms with Gasteiger partial charge in [0, 0.05) is 22.4 Å². The Morgan fingerprint density at radius 3 is 2.69 bits per heavy atom. The van der Waals surface area contributed by atoms with Crippen molar-refractivity contribution in [3.05, 3.63) is 65.7 Å². The summed E-state index contributed by atoms with van der Waals surface area (Å²) in [6, 6.07) is 12.4. The molecule has 0 spiro atoms. The van der Waals surface area contributed by atoms with E-state index in [9.17, 15) is 13.6 Å². The van der Waals surface area contributed by atoms with Gasteiger partial charge in [0.2, 0.25) is 0 Å². The van der Waals surface area contributed by atoms with E-state index in [-0.39, 0.29) is 16.8 Å². The number of hydrogen-bond donors (Lipinski definition) is 1. The van der Waals surface area contributed by atoms with Crippen LogP contribution in [-0.2, 0) is 0 Å². The number of carbonyl (C=O) groups excluding carboxylic acids is 1. The van der Waals surface area contributed by atoms with Crippen molar-refractivity contribution >= 4 is 28.6 Å². The highest BCUT2D eigenvalue weighted by atomic mass is 32.2. The van der Waals surface area contributed by atoms with Crippen LogP contribution >= 0.6 is 11.8 Å². The molecule has 1 atom stereocenters. The number of pyridine rings is 1. The summed E-state index contributed by atoms with van der Waals surface area (Å²) >= 11 is 1.06. The van der Waals surface area contributed by atoms with Crippen LogP contribution in [0, 0.1) is 11.6 Å². The average Bonchev–Trinajstić information content (AvgIpc) is 2.63. The Labute approximate surface area is 154 Å². The molecule has 0 aliphatic carbocycles. The number of aromatic nitrogens is 1. The summed E-state index contributed by atoms with van der Waals surface area (Å²) in [6.45, 7) is 3.93. The standard InChI is InChI=1S/C20H18F2N2OS/c1-3-12(2)23-20(25)15-11-19(24-17-7-5-4-6-14(15)17)26-18-9-8-13(21)10-16(18)22/h4-12H,3H2,1-2H3,(H,23,25)/t12-/m0/s1. The predicted molar refractivity (Wildman–Crippen MR) is 99.4 cm³/mol. The summed E-state index contributed by atoms with van der Waals surface area (Å²) in [5, 5.41) is 4.16. The van der Waals surface area contributed by atoms with Crippen LogP contribution in [0.15, 0.2) is 58.5 Å². The fourth-order valence-corrected chi connectivity index (χ4v) is 3.30. The van der Waals surface area contributed by atoms with Gasteiger partial charge in [-0.2, -0.15) is 0 Å². The largest absolute Gasteiger partial charge is 0.350 e. The molecular weight excluding hydrogens is 354 g/mol. The van der Waals surface area contributed by atoms with E-state index < -0.39 is 11.6 Å². The lowest BCUT2D eigenvalue weighted by Gasteiger charge is -2.14. The van der Waals surface area contributed by atoms with Crippen LogP contribution in [0.25, 0.3) is 10.9 Å². The van der Waals surface area contributed by atoms with E-state index >= 15 is 0 Å². The molecule has 2 aromatic carbocycles. The topological polar surface area (TPSA) is 42.0 Å². The molecule has 1 N–H and O–H groups in total. The van der Waals surface area contributed by atoms with Gasteiger partial charge in [0.05, 0.1) is 11.1 Å². The minimum Gasteiger partial charge on any atom is -0.350 e. The number of para-hydroxylation sites is 1. The number of rotatable bonds is 5. The van der Waals surface area contributed by atoms with Crippen molar-refractivity contribution in [2.24, 2.45) is 0 Å². The van der Waals surface area contributed by atoms with Crippen molar-refractivity contribution in [3.63, 3.8) is 0 Å². The van der Waals surface area contributed by atoms with Crippen molar-refractivity contribution in [1.29, 1.82) is 0 Å². The van der Waals surface area contributed by atoms with Gasteiger partial charge in [0.15, 0.2) is 0 Å². The molecule has 0 aliphatic rings. The molecular formula is C20H18F2N2OS. The van der Waals surface area contributed by atoms with Gasteiger partial charge in [-0.05, 0) is 37.6 Å². The fraction of sp³-hybridized carbons (Fsp3) is 0.200. The monoisotopic (exact) mass is 372 g/mol. The second kappa shape index (κ2) is 7.83. The highest BCUT2D eigenvalue weighted by Gasteiger charge is 2.16. The zero-order chi connectivity index (χ0) is 18.7. The molecule has 0 bridgehead atoms. The van der Waals surface area contributed by atoms with E-state index in [1.807, 2.05) is 32.0 Å². The van der Waals surface area contributed by atoms with Gasteiger partial charge in [-0.1, -0.05) is 36.9 Å². The Hall–Kier alpha value is -2.47. The first-order valence-corrected chi connectivity index (χ1v) is 9.13. The average molecular weight is 372 g/mol. The van der Waals surface area contributed by atoms with Gasteiger partial charge in [0.1, 0.15) is 16.7 Å². The molecule has 3 aromatic rings. The lowest BCUT2D eigenvalue weighted by molar-refractivity contribution is 0.0940. The molecule has 26 heavy (non-hydrogen) atoms.